The number of likely N-dealkylation sites (N-methyl/N-ethyl adjacent to an activating group) is 1. The summed E-state index contributed by atoms with van der Waals surface area (Å²) < 4.78 is 0. The predicted octanol–water partition coefficient (Wildman–Crippen LogP) is 1.86. The van der Waals surface area contributed by atoms with E-state index >= 15 is 0 Å². The van der Waals surface area contributed by atoms with Gasteiger partial charge in [-0.2, -0.15) is 0 Å². The summed E-state index contributed by atoms with van der Waals surface area (Å²) in [7, 11) is 3.86. The summed E-state index contributed by atoms with van der Waals surface area (Å²) in [6, 6.07) is 0.0300. The van der Waals surface area contributed by atoms with Gasteiger partial charge < -0.3 is 0 Å². The normalized spacial score (nSPS) is 13.0. The average Bonchev–Trinajstić information content (AvgIpc) is 1.99. The Hall–Kier alpha value is -0.630. The third-order valence-corrected chi connectivity index (χ3v) is 1.88. The molecule has 12 heavy (non-hydrogen) atoms. The first-order valence-electron chi connectivity index (χ1n) is 4.43. The van der Waals surface area contributed by atoms with Crippen LogP contribution in [0.3, 0.4) is 0 Å². The molecule has 0 radical (unpaired) electrons. The van der Waals surface area contributed by atoms with Crippen LogP contribution in [0.5, 0.6) is 0 Å². The van der Waals surface area contributed by atoms with Crippen LogP contribution < -0.4 is 0 Å². The zero-order chi connectivity index (χ0) is 9.56. The van der Waals surface area contributed by atoms with Crippen molar-refractivity contribution < 1.29 is 4.79 Å². The summed E-state index contributed by atoms with van der Waals surface area (Å²) in [6.07, 6.45) is 4.17. The van der Waals surface area contributed by atoms with E-state index in [0.717, 1.165) is 12.8 Å². The number of nitrogens with zero attached hydrogens (tertiary/aromatic N) is 1. The van der Waals surface area contributed by atoms with Gasteiger partial charge in [0.25, 0.3) is 0 Å². The zero-order valence-electron chi connectivity index (χ0n) is 8.34. The Kier molecular flexibility index (Phi) is 5.64. The first kappa shape index (κ1) is 11.4. The van der Waals surface area contributed by atoms with E-state index in [-0.39, 0.29) is 6.04 Å². The molecule has 0 amide bonds. The van der Waals surface area contributed by atoms with Gasteiger partial charge in [-0.1, -0.05) is 13.0 Å². The van der Waals surface area contributed by atoms with Crippen molar-refractivity contribution in [3.05, 3.63) is 12.7 Å². The molecular weight excluding hydrogens is 150 g/mol. The molecule has 0 saturated carbocycles. The number of hydrogen-bond donors (Lipinski definition) is 0. The highest BCUT2D eigenvalue weighted by molar-refractivity contribution is 5.84. The maximum Gasteiger partial charge on any atom is 0.150 e. The van der Waals surface area contributed by atoms with Crippen LogP contribution in [0.2, 0.25) is 0 Å². The smallest absolute Gasteiger partial charge is 0.150 e. The van der Waals surface area contributed by atoms with E-state index in [0.29, 0.717) is 12.2 Å². The lowest BCUT2D eigenvalue weighted by atomic mass is 10.0. The van der Waals surface area contributed by atoms with Gasteiger partial charge in [-0.05, 0) is 26.9 Å². The van der Waals surface area contributed by atoms with Crippen molar-refractivity contribution in [2.45, 2.75) is 32.2 Å². The van der Waals surface area contributed by atoms with E-state index in [1.165, 1.54) is 0 Å². The lowest BCUT2D eigenvalue weighted by Crippen LogP contribution is -2.35. The lowest BCUT2D eigenvalue weighted by Gasteiger charge is -2.21. The highest BCUT2D eigenvalue weighted by atomic mass is 16.1. The number of carbonyl (C=O) groups is 1. The van der Waals surface area contributed by atoms with Gasteiger partial charge >= 0.3 is 0 Å². The van der Waals surface area contributed by atoms with Crippen LogP contribution in [-0.2, 0) is 4.79 Å². The molecule has 0 aromatic heterocycles. The van der Waals surface area contributed by atoms with Gasteiger partial charge in [0.2, 0.25) is 0 Å². The molecule has 70 valence electrons. The van der Waals surface area contributed by atoms with E-state index in [9.17, 15) is 4.79 Å². The van der Waals surface area contributed by atoms with E-state index in [4.69, 9.17) is 0 Å². The molecule has 0 bridgehead atoms. The van der Waals surface area contributed by atoms with Crippen LogP contribution in [0.15, 0.2) is 12.7 Å². The second-order valence-electron chi connectivity index (χ2n) is 3.22. The second kappa shape index (κ2) is 5.95. The molecule has 0 fully saturated rings. The topological polar surface area (TPSA) is 20.3 Å². The first-order valence-corrected chi connectivity index (χ1v) is 4.43. The fourth-order valence-electron chi connectivity index (χ4n) is 1.20. The minimum Gasteiger partial charge on any atom is -0.300 e. The second-order valence-corrected chi connectivity index (χ2v) is 3.22. The molecule has 0 aromatic carbocycles. The van der Waals surface area contributed by atoms with Gasteiger partial charge in [0.05, 0.1) is 6.04 Å². The molecule has 1 unspecified atom stereocenters. The Morgan fingerprint density at radius 1 is 1.58 bits per heavy atom. The van der Waals surface area contributed by atoms with Crippen molar-refractivity contribution in [1.29, 1.82) is 0 Å². The lowest BCUT2D eigenvalue weighted by molar-refractivity contribution is -0.123. The number of carbonyl (C=O) groups excluding carboxylic acids is 1. The first-order chi connectivity index (χ1) is 5.63. The van der Waals surface area contributed by atoms with E-state index in [1.54, 1.807) is 6.08 Å². The van der Waals surface area contributed by atoms with Gasteiger partial charge in [-0.15, -0.1) is 6.58 Å². The Morgan fingerprint density at radius 3 is 2.50 bits per heavy atom. The van der Waals surface area contributed by atoms with E-state index < -0.39 is 0 Å². The van der Waals surface area contributed by atoms with Crippen LogP contribution in [0.1, 0.15) is 26.2 Å². The van der Waals surface area contributed by atoms with Crippen LogP contribution >= 0.6 is 0 Å². The minimum absolute atomic E-state index is 0.0300. The van der Waals surface area contributed by atoms with Crippen LogP contribution in [0.4, 0.5) is 0 Å². The Morgan fingerprint density at radius 2 is 2.17 bits per heavy atom. The molecular formula is C10H19NO. The maximum atomic E-state index is 11.5. The zero-order valence-corrected chi connectivity index (χ0v) is 8.34. The molecule has 0 saturated heterocycles. The fraction of sp³-hybridized carbons (Fsp3) is 0.700. The van der Waals surface area contributed by atoms with Gasteiger partial charge in [-0.3, -0.25) is 9.69 Å². The minimum atomic E-state index is 0.0300. The summed E-state index contributed by atoms with van der Waals surface area (Å²) in [5.41, 5.74) is 0. The molecule has 0 aromatic rings. The summed E-state index contributed by atoms with van der Waals surface area (Å²) in [5, 5.41) is 0. The third kappa shape index (κ3) is 3.67. The van der Waals surface area contributed by atoms with Crippen molar-refractivity contribution in [1.82, 2.24) is 4.90 Å². The standard InChI is InChI=1S/C10H19NO/c1-5-7-9(11(3)4)10(12)8-6-2/h5,9H,1,6-8H2,2-4H3. The molecule has 0 rings (SSSR count). The number of rotatable bonds is 6. The molecule has 0 aliphatic heterocycles. The number of Topliss-reactive ketones (excluding diaryl/α,β-unsaturated/α-hetero) is 1. The van der Waals surface area contributed by atoms with Crippen molar-refractivity contribution in [2.75, 3.05) is 14.1 Å². The Bertz CT molecular complexity index is 152. The number of hydrogen-bond acceptors (Lipinski definition) is 2. The average molecular weight is 169 g/mol. The molecule has 0 N–H and O–H groups in total. The van der Waals surface area contributed by atoms with E-state index in [2.05, 4.69) is 6.58 Å². The fourth-order valence-corrected chi connectivity index (χ4v) is 1.20. The third-order valence-electron chi connectivity index (χ3n) is 1.88. The van der Waals surface area contributed by atoms with Crippen molar-refractivity contribution in [3.8, 4) is 0 Å². The van der Waals surface area contributed by atoms with Crippen LogP contribution in [0, 0.1) is 0 Å². The summed E-state index contributed by atoms with van der Waals surface area (Å²) in [5.74, 6) is 0.322. The predicted molar refractivity (Wildman–Crippen MR) is 52.2 cm³/mol. The Balaban J connectivity index is 4.08. The summed E-state index contributed by atoms with van der Waals surface area (Å²) in [4.78, 5) is 13.4. The molecule has 0 heterocycles. The molecule has 2 nitrogen and oxygen atoms in total. The maximum absolute atomic E-state index is 11.5. The number of ketones is 1. The van der Waals surface area contributed by atoms with Crippen molar-refractivity contribution in [3.63, 3.8) is 0 Å². The largest absolute Gasteiger partial charge is 0.300 e. The monoisotopic (exact) mass is 169 g/mol. The Labute approximate surface area is 75.3 Å². The van der Waals surface area contributed by atoms with Crippen molar-refractivity contribution >= 4 is 5.78 Å². The molecule has 0 spiro atoms. The quantitative estimate of drug-likeness (QED) is 0.566. The molecule has 0 aliphatic carbocycles. The van der Waals surface area contributed by atoms with Gasteiger partial charge in [0.15, 0.2) is 0 Å². The summed E-state index contributed by atoms with van der Waals surface area (Å²) >= 11 is 0. The van der Waals surface area contributed by atoms with Gasteiger partial charge in [0.1, 0.15) is 5.78 Å². The molecule has 1 atom stereocenters. The summed E-state index contributed by atoms with van der Waals surface area (Å²) in [6.45, 7) is 5.67. The molecule has 0 aliphatic rings. The van der Waals surface area contributed by atoms with E-state index in [1.807, 2.05) is 25.9 Å². The van der Waals surface area contributed by atoms with Gasteiger partial charge in [-0.25, -0.2) is 0 Å². The van der Waals surface area contributed by atoms with Crippen LogP contribution in [0.25, 0.3) is 0 Å². The van der Waals surface area contributed by atoms with Crippen molar-refractivity contribution in [2.24, 2.45) is 0 Å². The highest BCUT2D eigenvalue weighted by Crippen LogP contribution is 2.05. The van der Waals surface area contributed by atoms with Crippen LogP contribution in [-0.4, -0.2) is 30.8 Å². The SMILES string of the molecule is C=CCC(C(=O)CCC)N(C)C. The van der Waals surface area contributed by atoms with Gasteiger partial charge in [0, 0.05) is 6.42 Å². The highest BCUT2D eigenvalue weighted by Gasteiger charge is 2.17. The molecule has 2 heteroatoms.